The third-order valence-corrected chi connectivity index (χ3v) is 3.76. The number of carbonyl (C=O) groups excluding carboxylic acids is 2. The fourth-order valence-electron chi connectivity index (χ4n) is 2.38. The molecular weight excluding hydrogens is 364 g/mol. The molecule has 8 nitrogen and oxygen atoms in total. The number of amides is 1. The number of esters is 1. The van der Waals surface area contributed by atoms with E-state index in [1.165, 1.54) is 13.2 Å². The van der Waals surface area contributed by atoms with Gasteiger partial charge in [0.05, 0.1) is 7.11 Å². The number of rotatable bonds is 6. The van der Waals surface area contributed by atoms with Gasteiger partial charge in [0.1, 0.15) is 17.4 Å². The second-order valence-electron chi connectivity index (χ2n) is 5.64. The molecule has 0 bridgehead atoms. The monoisotopic (exact) mass is 380 g/mol. The van der Waals surface area contributed by atoms with Crippen molar-refractivity contribution < 1.29 is 28.5 Å². The van der Waals surface area contributed by atoms with Crippen molar-refractivity contribution in [2.75, 3.05) is 25.8 Å². The van der Waals surface area contributed by atoms with Crippen molar-refractivity contribution in [3.8, 4) is 23.3 Å². The van der Waals surface area contributed by atoms with E-state index in [0.29, 0.717) is 28.5 Å². The highest BCUT2D eigenvalue weighted by molar-refractivity contribution is 6.00. The number of methoxy groups -OCH3 is 1. The van der Waals surface area contributed by atoms with E-state index in [1.807, 2.05) is 0 Å². The van der Waals surface area contributed by atoms with Crippen molar-refractivity contribution in [3.05, 3.63) is 53.6 Å². The predicted octanol–water partition coefficient (Wildman–Crippen LogP) is 2.51. The molecule has 0 radical (unpaired) electrons. The van der Waals surface area contributed by atoms with Gasteiger partial charge in [-0.05, 0) is 35.9 Å². The first-order valence-electron chi connectivity index (χ1n) is 8.21. The number of benzene rings is 2. The van der Waals surface area contributed by atoms with Gasteiger partial charge in [0, 0.05) is 11.8 Å². The molecule has 1 aliphatic rings. The molecule has 0 saturated heterocycles. The van der Waals surface area contributed by atoms with Crippen LogP contribution in [-0.4, -0.2) is 32.4 Å². The second kappa shape index (κ2) is 8.60. The lowest BCUT2D eigenvalue weighted by atomic mass is 10.1. The Morgan fingerprint density at radius 1 is 1.18 bits per heavy atom. The standard InChI is InChI=1S/C20H16N2O6/c1-25-16-5-2-13(3-6-16)8-14(10-21)20(24)26-11-19(23)22-15-4-7-17-18(9-15)28-12-27-17/h2-9H,11-12H2,1H3,(H,22,23)/b14-8+. The Bertz CT molecular complexity index is 960. The van der Waals surface area contributed by atoms with Gasteiger partial charge in [0.2, 0.25) is 6.79 Å². The molecule has 2 aromatic rings. The van der Waals surface area contributed by atoms with Crippen LogP contribution in [0.2, 0.25) is 0 Å². The van der Waals surface area contributed by atoms with E-state index < -0.39 is 18.5 Å². The van der Waals surface area contributed by atoms with Crippen LogP contribution in [0.1, 0.15) is 5.56 Å². The zero-order valence-corrected chi connectivity index (χ0v) is 14.9. The van der Waals surface area contributed by atoms with Crippen molar-refractivity contribution in [3.63, 3.8) is 0 Å². The summed E-state index contributed by atoms with van der Waals surface area (Å²) in [5.74, 6) is 0.322. The first-order chi connectivity index (χ1) is 13.6. The molecule has 142 valence electrons. The summed E-state index contributed by atoms with van der Waals surface area (Å²) in [6.45, 7) is -0.406. The minimum absolute atomic E-state index is 0.127. The number of nitriles is 1. The summed E-state index contributed by atoms with van der Waals surface area (Å²) in [6.07, 6.45) is 1.37. The fraction of sp³-hybridized carbons (Fsp3) is 0.150. The van der Waals surface area contributed by atoms with Crippen LogP contribution in [-0.2, 0) is 14.3 Å². The first-order valence-corrected chi connectivity index (χ1v) is 8.21. The third-order valence-electron chi connectivity index (χ3n) is 3.76. The summed E-state index contributed by atoms with van der Waals surface area (Å²) < 4.78 is 20.4. The number of nitrogens with zero attached hydrogens (tertiary/aromatic N) is 1. The normalized spacial score (nSPS) is 12.1. The van der Waals surface area contributed by atoms with Crippen molar-refractivity contribution in [2.45, 2.75) is 0 Å². The molecule has 3 rings (SSSR count). The number of nitrogens with one attached hydrogen (secondary N) is 1. The maximum absolute atomic E-state index is 12.1. The minimum atomic E-state index is -0.890. The number of ether oxygens (including phenoxy) is 4. The SMILES string of the molecule is COc1ccc(/C=C(\C#N)C(=O)OCC(=O)Nc2ccc3c(c2)OCO3)cc1. The molecule has 0 aliphatic carbocycles. The van der Waals surface area contributed by atoms with Crippen LogP contribution in [0.3, 0.4) is 0 Å². The molecule has 0 spiro atoms. The molecule has 8 heteroatoms. The lowest BCUT2D eigenvalue weighted by Gasteiger charge is -2.07. The molecule has 2 aromatic carbocycles. The highest BCUT2D eigenvalue weighted by Gasteiger charge is 2.16. The van der Waals surface area contributed by atoms with E-state index >= 15 is 0 Å². The number of hydrogen-bond acceptors (Lipinski definition) is 7. The van der Waals surface area contributed by atoms with Crippen LogP contribution in [0.25, 0.3) is 6.08 Å². The Kier molecular flexibility index (Phi) is 5.77. The van der Waals surface area contributed by atoms with Crippen LogP contribution >= 0.6 is 0 Å². The maximum Gasteiger partial charge on any atom is 0.349 e. The summed E-state index contributed by atoms with van der Waals surface area (Å²) in [7, 11) is 1.54. The smallest absolute Gasteiger partial charge is 0.349 e. The van der Waals surface area contributed by atoms with Gasteiger partial charge >= 0.3 is 5.97 Å². The van der Waals surface area contributed by atoms with E-state index in [4.69, 9.17) is 18.9 Å². The van der Waals surface area contributed by atoms with Crippen molar-refractivity contribution in [1.82, 2.24) is 0 Å². The van der Waals surface area contributed by atoms with E-state index in [9.17, 15) is 14.9 Å². The average molecular weight is 380 g/mol. The summed E-state index contributed by atoms with van der Waals surface area (Å²) >= 11 is 0. The molecule has 0 saturated carbocycles. The molecule has 0 unspecified atom stereocenters. The lowest BCUT2D eigenvalue weighted by Crippen LogP contribution is -2.21. The number of anilines is 1. The number of carbonyl (C=O) groups is 2. The number of fused-ring (bicyclic) bond motifs is 1. The quantitative estimate of drug-likeness (QED) is 0.466. The topological polar surface area (TPSA) is 107 Å². The average Bonchev–Trinajstić information content (AvgIpc) is 3.18. The van der Waals surface area contributed by atoms with Gasteiger partial charge in [0.15, 0.2) is 18.1 Å². The van der Waals surface area contributed by atoms with Gasteiger partial charge in [-0.3, -0.25) is 4.79 Å². The van der Waals surface area contributed by atoms with Crippen LogP contribution in [0.5, 0.6) is 17.2 Å². The second-order valence-corrected chi connectivity index (χ2v) is 5.64. The fourth-order valence-corrected chi connectivity index (χ4v) is 2.38. The summed E-state index contributed by atoms with van der Waals surface area (Å²) in [5, 5.41) is 11.8. The lowest BCUT2D eigenvalue weighted by molar-refractivity contribution is -0.142. The van der Waals surface area contributed by atoms with Crippen molar-refractivity contribution >= 4 is 23.6 Å². The highest BCUT2D eigenvalue weighted by Crippen LogP contribution is 2.34. The van der Waals surface area contributed by atoms with Crippen molar-refractivity contribution in [2.24, 2.45) is 0 Å². The van der Waals surface area contributed by atoms with Gasteiger partial charge in [-0.1, -0.05) is 12.1 Å². The minimum Gasteiger partial charge on any atom is -0.497 e. The van der Waals surface area contributed by atoms with Gasteiger partial charge < -0.3 is 24.3 Å². The molecule has 1 aliphatic heterocycles. The molecule has 28 heavy (non-hydrogen) atoms. The molecular formula is C20H16N2O6. The van der Waals surface area contributed by atoms with Gasteiger partial charge in [-0.25, -0.2) is 4.79 Å². The molecule has 0 atom stereocenters. The summed E-state index contributed by atoms with van der Waals surface area (Å²) in [6, 6.07) is 13.5. The largest absolute Gasteiger partial charge is 0.497 e. The zero-order chi connectivity index (χ0) is 19.9. The molecule has 1 amide bonds. The van der Waals surface area contributed by atoms with E-state index in [1.54, 1.807) is 48.5 Å². The number of hydrogen-bond donors (Lipinski definition) is 1. The van der Waals surface area contributed by atoms with E-state index in [-0.39, 0.29) is 12.4 Å². The molecule has 1 heterocycles. The Labute approximate surface area is 160 Å². The third kappa shape index (κ3) is 4.59. The Hall–Kier alpha value is -3.99. The van der Waals surface area contributed by atoms with Gasteiger partial charge in [-0.2, -0.15) is 5.26 Å². The Balaban J connectivity index is 1.56. The first kappa shape index (κ1) is 18.8. The molecule has 0 aromatic heterocycles. The van der Waals surface area contributed by atoms with Crippen LogP contribution in [0.4, 0.5) is 5.69 Å². The molecule has 1 N–H and O–H groups in total. The predicted molar refractivity (Wildman–Crippen MR) is 98.7 cm³/mol. The van der Waals surface area contributed by atoms with Crippen LogP contribution in [0.15, 0.2) is 48.0 Å². The van der Waals surface area contributed by atoms with Crippen LogP contribution in [0, 0.1) is 11.3 Å². The van der Waals surface area contributed by atoms with Crippen molar-refractivity contribution in [1.29, 1.82) is 5.26 Å². The van der Waals surface area contributed by atoms with Gasteiger partial charge in [-0.15, -0.1) is 0 Å². The zero-order valence-electron chi connectivity index (χ0n) is 14.9. The van der Waals surface area contributed by atoms with Crippen LogP contribution < -0.4 is 19.5 Å². The maximum atomic E-state index is 12.1. The highest BCUT2D eigenvalue weighted by atomic mass is 16.7. The Morgan fingerprint density at radius 3 is 2.64 bits per heavy atom. The van der Waals surface area contributed by atoms with E-state index in [2.05, 4.69) is 5.32 Å². The van der Waals surface area contributed by atoms with Gasteiger partial charge in [0.25, 0.3) is 5.91 Å². The molecule has 0 fully saturated rings. The Morgan fingerprint density at radius 2 is 1.93 bits per heavy atom. The summed E-state index contributed by atoms with van der Waals surface area (Å²) in [4.78, 5) is 24.0. The summed E-state index contributed by atoms with van der Waals surface area (Å²) in [5.41, 5.74) is 0.875. The van der Waals surface area contributed by atoms with E-state index in [0.717, 1.165) is 0 Å².